The van der Waals surface area contributed by atoms with Crippen LogP contribution in [-0.4, -0.2) is 4.40 Å². The molecule has 4 heterocycles. The molecule has 0 unspecified atom stereocenters. The average molecular weight is 1020 g/mol. The Kier molecular flexibility index (Phi) is 10.1. The fraction of sp³-hybridized carbons (Fsp3) is 0.162. The summed E-state index contributed by atoms with van der Waals surface area (Å²) in [7, 11) is 0. The van der Waals surface area contributed by atoms with Crippen LogP contribution in [-0.2, 0) is 0 Å². The number of hydrogen-bond acceptors (Lipinski definition) is 4. The van der Waals surface area contributed by atoms with Gasteiger partial charge in [0.1, 0.15) is 11.2 Å². The molecule has 5 nitrogen and oxygen atoms in total. The van der Waals surface area contributed by atoms with E-state index in [1.807, 2.05) is 0 Å². The van der Waals surface area contributed by atoms with E-state index in [1.54, 1.807) is 0 Å². The standard InChI is InChI=1S/C74H57N3O2/c1-5-18-46(19-6-1)56-26-13-30-60-62-32-16-34-66(73(62)78-71(56)60)75(52-22-9-3-10-23-52)54-38-36-48-42-64-58-28-15-29-59-65-43-49-37-39-55(41-51(49)45-69(65)77(70(58)59)68(64)44-50(48)40-54)76(53-24-11-4-12-25-53)67-35-17-33-63-61-31-14-27-57(72(61)79-74(63)67)47-20-7-2-8-21-47/h3-4,9-17,22-47H,1-2,5-8,18-21H2. The fourth-order valence-electron chi connectivity index (χ4n) is 14.7. The number of furan rings is 2. The van der Waals surface area contributed by atoms with E-state index in [0.29, 0.717) is 11.8 Å². The van der Waals surface area contributed by atoms with Gasteiger partial charge in [-0.25, -0.2) is 0 Å². The second-order valence-electron chi connectivity index (χ2n) is 22.8. The van der Waals surface area contributed by atoms with Crippen molar-refractivity contribution in [3.8, 4) is 0 Å². The number of anilines is 6. The van der Waals surface area contributed by atoms with Gasteiger partial charge in [-0.1, -0.05) is 166 Å². The Hall–Kier alpha value is -9.06. The third-order valence-corrected chi connectivity index (χ3v) is 18.4. The number of nitrogens with zero attached hydrogens (tertiary/aromatic N) is 3. The Balaban J connectivity index is 0.828. The molecule has 0 N–H and O–H groups in total. The Morgan fingerprint density at radius 1 is 0.304 bits per heavy atom. The number of para-hydroxylation sites is 7. The van der Waals surface area contributed by atoms with Crippen LogP contribution in [0.25, 0.3) is 104 Å². The van der Waals surface area contributed by atoms with Gasteiger partial charge in [-0.05, 0) is 155 Å². The fourth-order valence-corrected chi connectivity index (χ4v) is 14.7. The first-order valence-corrected chi connectivity index (χ1v) is 28.9. The van der Waals surface area contributed by atoms with Gasteiger partial charge in [-0.2, -0.15) is 0 Å². The molecular weight excluding hydrogens is 963 g/mol. The van der Waals surface area contributed by atoms with Gasteiger partial charge in [0.05, 0.1) is 27.9 Å². The normalized spacial score (nSPS) is 15.0. The van der Waals surface area contributed by atoms with Crippen LogP contribution in [0.15, 0.2) is 221 Å². The van der Waals surface area contributed by atoms with Gasteiger partial charge >= 0.3 is 0 Å². The summed E-state index contributed by atoms with van der Waals surface area (Å²) < 4.78 is 16.8. The summed E-state index contributed by atoms with van der Waals surface area (Å²) in [5, 5.41) is 14.6. The van der Waals surface area contributed by atoms with Gasteiger partial charge in [-0.3, -0.25) is 0 Å². The highest BCUT2D eigenvalue weighted by molar-refractivity contribution is 6.26. The van der Waals surface area contributed by atoms with Crippen molar-refractivity contribution in [3.05, 3.63) is 223 Å². The van der Waals surface area contributed by atoms with E-state index in [9.17, 15) is 0 Å². The molecule has 0 radical (unpaired) electrons. The van der Waals surface area contributed by atoms with Gasteiger partial charge in [0.15, 0.2) is 11.2 Å². The Morgan fingerprint density at radius 2 is 0.709 bits per heavy atom. The van der Waals surface area contributed by atoms with Gasteiger partial charge in [-0.15, -0.1) is 0 Å². The Bertz CT molecular complexity index is 4580. The lowest BCUT2D eigenvalue weighted by Crippen LogP contribution is -2.10. The lowest BCUT2D eigenvalue weighted by atomic mass is 9.83. The highest BCUT2D eigenvalue weighted by atomic mass is 16.3. The molecule has 17 rings (SSSR count). The molecular formula is C74H57N3O2. The summed E-state index contributed by atoms with van der Waals surface area (Å²) in [6.07, 6.45) is 12.7. The van der Waals surface area contributed by atoms with Crippen molar-refractivity contribution in [1.29, 1.82) is 0 Å². The van der Waals surface area contributed by atoms with Crippen molar-refractivity contribution < 1.29 is 8.83 Å². The van der Waals surface area contributed by atoms with E-state index in [1.165, 1.54) is 146 Å². The molecule has 4 aromatic heterocycles. The predicted octanol–water partition coefficient (Wildman–Crippen LogP) is 22.0. The molecule has 15 aromatic rings. The summed E-state index contributed by atoms with van der Waals surface area (Å²) in [4.78, 5) is 4.78. The van der Waals surface area contributed by atoms with E-state index in [0.717, 1.165) is 67.2 Å². The van der Waals surface area contributed by atoms with Crippen LogP contribution < -0.4 is 9.80 Å². The second-order valence-corrected chi connectivity index (χ2v) is 22.8. The molecule has 5 heteroatoms. The first-order chi connectivity index (χ1) is 39.2. The molecule has 380 valence electrons. The van der Waals surface area contributed by atoms with Crippen LogP contribution in [0.5, 0.6) is 0 Å². The smallest absolute Gasteiger partial charge is 0.159 e. The molecule has 79 heavy (non-hydrogen) atoms. The van der Waals surface area contributed by atoms with Crippen molar-refractivity contribution in [2.75, 3.05) is 9.80 Å². The van der Waals surface area contributed by atoms with Gasteiger partial charge in [0.25, 0.3) is 0 Å². The minimum absolute atomic E-state index is 0.537. The SMILES string of the molecule is c1ccc(N(c2ccc3cc4c5cccc6c7cc8ccc(N(c9ccccc9)c9cccc%10c9oc9c(C%11CCCCC%11)cccc9%10)cc8cc7n(c4cc3c2)c56)c2cccc3c2oc2c(C4CCCCC4)cccc23)cc1. The summed E-state index contributed by atoms with van der Waals surface area (Å²) >= 11 is 0. The Labute approximate surface area is 457 Å². The number of rotatable bonds is 8. The quantitative estimate of drug-likeness (QED) is 0.152. The largest absolute Gasteiger partial charge is 0.454 e. The molecule has 0 spiro atoms. The van der Waals surface area contributed by atoms with Crippen molar-refractivity contribution in [2.45, 2.75) is 76.0 Å². The second kappa shape index (κ2) is 17.7. The number of fused-ring (bicyclic) bond motifs is 14. The van der Waals surface area contributed by atoms with Crippen molar-refractivity contribution >= 4 is 138 Å². The maximum absolute atomic E-state index is 7.14. The molecule has 11 aromatic carbocycles. The van der Waals surface area contributed by atoms with Crippen LogP contribution in [0.2, 0.25) is 0 Å². The summed E-state index contributed by atoms with van der Waals surface area (Å²) in [6.45, 7) is 0. The molecule has 2 fully saturated rings. The first-order valence-electron chi connectivity index (χ1n) is 28.9. The third-order valence-electron chi connectivity index (χ3n) is 18.4. The zero-order valence-electron chi connectivity index (χ0n) is 44.1. The minimum Gasteiger partial charge on any atom is -0.454 e. The van der Waals surface area contributed by atoms with Crippen LogP contribution in [0.4, 0.5) is 34.1 Å². The molecule has 2 aliphatic carbocycles. The number of hydrogen-bond donors (Lipinski definition) is 0. The molecule has 0 bridgehead atoms. The number of aromatic nitrogens is 1. The zero-order valence-corrected chi connectivity index (χ0v) is 44.1. The topological polar surface area (TPSA) is 37.2 Å². The van der Waals surface area contributed by atoms with E-state index in [-0.39, 0.29) is 0 Å². The average Bonchev–Trinajstić information content (AvgIpc) is 3.93. The monoisotopic (exact) mass is 1020 g/mol. The molecule has 2 aliphatic rings. The summed E-state index contributed by atoms with van der Waals surface area (Å²) in [5.74, 6) is 1.07. The van der Waals surface area contributed by atoms with E-state index < -0.39 is 0 Å². The zero-order chi connectivity index (χ0) is 51.7. The molecule has 2 saturated carbocycles. The van der Waals surface area contributed by atoms with Crippen molar-refractivity contribution in [1.82, 2.24) is 4.40 Å². The molecule has 0 amide bonds. The molecule has 0 saturated heterocycles. The minimum atomic E-state index is 0.537. The third kappa shape index (κ3) is 6.94. The highest BCUT2D eigenvalue weighted by Gasteiger charge is 2.27. The molecule has 0 aliphatic heterocycles. The number of benzene rings is 11. The highest BCUT2D eigenvalue weighted by Crippen LogP contribution is 2.49. The lowest BCUT2D eigenvalue weighted by molar-refractivity contribution is 0.442. The van der Waals surface area contributed by atoms with Gasteiger partial charge in [0, 0.05) is 65.8 Å². The van der Waals surface area contributed by atoms with Crippen molar-refractivity contribution in [2.24, 2.45) is 0 Å². The van der Waals surface area contributed by atoms with E-state index in [2.05, 4.69) is 227 Å². The van der Waals surface area contributed by atoms with Gasteiger partial charge in [0.2, 0.25) is 0 Å². The maximum atomic E-state index is 7.14. The summed E-state index contributed by atoms with van der Waals surface area (Å²) in [6, 6.07) is 79.0. The Morgan fingerprint density at radius 3 is 1.16 bits per heavy atom. The van der Waals surface area contributed by atoms with Crippen LogP contribution in [0.1, 0.15) is 87.2 Å². The first kappa shape index (κ1) is 45.0. The van der Waals surface area contributed by atoms with E-state index in [4.69, 9.17) is 8.83 Å². The van der Waals surface area contributed by atoms with Crippen LogP contribution in [0.3, 0.4) is 0 Å². The maximum Gasteiger partial charge on any atom is 0.159 e. The van der Waals surface area contributed by atoms with Gasteiger partial charge < -0.3 is 23.0 Å². The lowest BCUT2D eigenvalue weighted by Gasteiger charge is -2.26. The molecule has 0 atom stereocenters. The van der Waals surface area contributed by atoms with Crippen LogP contribution in [0, 0.1) is 0 Å². The van der Waals surface area contributed by atoms with Crippen LogP contribution >= 0.6 is 0 Å². The van der Waals surface area contributed by atoms with E-state index >= 15 is 0 Å². The van der Waals surface area contributed by atoms with Crippen molar-refractivity contribution in [3.63, 3.8) is 0 Å². The predicted molar refractivity (Wildman–Crippen MR) is 332 cm³/mol. The summed E-state index contributed by atoms with van der Waals surface area (Å²) in [5.41, 5.74) is 16.8.